The number of amides is 1. The van der Waals surface area contributed by atoms with Crippen LogP contribution in [0.3, 0.4) is 0 Å². The summed E-state index contributed by atoms with van der Waals surface area (Å²) in [4.78, 5) is 14.1. The Balaban J connectivity index is 1.75. The Labute approximate surface area is 136 Å². The first-order chi connectivity index (χ1) is 10.4. The highest BCUT2D eigenvalue weighted by Crippen LogP contribution is 2.18. The molecule has 0 saturated carbocycles. The lowest BCUT2D eigenvalue weighted by atomic mass is 10.2. The van der Waals surface area contributed by atoms with E-state index in [9.17, 15) is 4.79 Å². The number of carbonyl (C=O) groups excluding carboxylic acids is 1. The van der Waals surface area contributed by atoms with Crippen LogP contribution in [0.4, 0.5) is 0 Å². The van der Waals surface area contributed by atoms with Gasteiger partial charge in [-0.05, 0) is 20.8 Å². The van der Waals surface area contributed by atoms with Gasteiger partial charge < -0.3 is 15.0 Å². The molecule has 7 heteroatoms. The van der Waals surface area contributed by atoms with Gasteiger partial charge in [-0.25, -0.2) is 0 Å². The number of nitrogens with zero attached hydrogens (tertiary/aromatic N) is 3. The van der Waals surface area contributed by atoms with Crippen LogP contribution in [0.25, 0.3) is 0 Å². The molecule has 2 atom stereocenters. The average molecular weight is 329 g/mol. The number of aryl methyl sites for hydroxylation is 2. The molecule has 0 bridgehead atoms. The van der Waals surface area contributed by atoms with Crippen LogP contribution in [-0.2, 0) is 23.1 Å². The third-order valence-electron chi connectivity index (χ3n) is 3.86. The summed E-state index contributed by atoms with van der Waals surface area (Å²) in [6, 6.07) is 0. The van der Waals surface area contributed by atoms with E-state index in [1.807, 2.05) is 32.7 Å². The summed E-state index contributed by atoms with van der Waals surface area (Å²) in [5, 5.41) is 8.19. The van der Waals surface area contributed by atoms with Crippen LogP contribution in [0, 0.1) is 6.92 Å². The molecule has 1 aromatic heterocycles. The molecule has 1 N–H and O–H groups in total. The molecular formula is C15H25ClN4O2. The summed E-state index contributed by atoms with van der Waals surface area (Å²) < 4.78 is 7.31. The molecule has 0 unspecified atom stereocenters. The lowest BCUT2D eigenvalue weighted by Gasteiger charge is -2.35. The van der Waals surface area contributed by atoms with E-state index in [4.69, 9.17) is 16.3 Å². The number of halogens is 1. The standard InChI is InChI=1S/C15H25ClN4O2/c1-10-8-20(9-11(2)22-10)14(21)5-6-17-7-13-12(3)18-19(4)15(13)16/h10-11,17H,5-9H2,1-4H3/t10-,11-/m1/s1. The van der Waals surface area contributed by atoms with E-state index in [1.54, 1.807) is 4.68 Å². The highest BCUT2D eigenvalue weighted by Gasteiger charge is 2.25. The van der Waals surface area contributed by atoms with E-state index >= 15 is 0 Å². The third-order valence-corrected chi connectivity index (χ3v) is 4.33. The average Bonchev–Trinajstić information content (AvgIpc) is 2.68. The molecule has 1 aliphatic heterocycles. The van der Waals surface area contributed by atoms with Gasteiger partial charge in [-0.3, -0.25) is 9.48 Å². The number of hydrogen-bond donors (Lipinski definition) is 1. The molecule has 0 radical (unpaired) electrons. The van der Waals surface area contributed by atoms with Gasteiger partial charge in [0.1, 0.15) is 5.15 Å². The number of nitrogens with one attached hydrogen (secondary N) is 1. The smallest absolute Gasteiger partial charge is 0.224 e. The fourth-order valence-corrected chi connectivity index (χ4v) is 3.06. The Morgan fingerprint density at radius 2 is 2.05 bits per heavy atom. The van der Waals surface area contributed by atoms with Crippen molar-refractivity contribution in [3.8, 4) is 0 Å². The Kier molecular flexibility index (Phi) is 5.83. The molecule has 6 nitrogen and oxygen atoms in total. The van der Waals surface area contributed by atoms with Crippen molar-refractivity contribution in [2.75, 3.05) is 19.6 Å². The van der Waals surface area contributed by atoms with Crippen LogP contribution in [0.2, 0.25) is 5.15 Å². The topological polar surface area (TPSA) is 59.4 Å². The second kappa shape index (κ2) is 7.44. The molecule has 0 aromatic carbocycles. The third kappa shape index (κ3) is 4.21. The van der Waals surface area contributed by atoms with Crippen molar-refractivity contribution in [3.63, 3.8) is 0 Å². The van der Waals surface area contributed by atoms with Gasteiger partial charge in [0, 0.05) is 45.2 Å². The molecule has 0 aliphatic carbocycles. The zero-order valence-electron chi connectivity index (χ0n) is 13.7. The predicted octanol–water partition coefficient (Wildman–Crippen LogP) is 1.50. The lowest BCUT2D eigenvalue weighted by Crippen LogP contribution is -2.48. The summed E-state index contributed by atoms with van der Waals surface area (Å²) in [6.07, 6.45) is 0.700. The SMILES string of the molecule is Cc1nn(C)c(Cl)c1CNCCC(=O)N1C[C@@H](C)O[C@H](C)C1. The summed E-state index contributed by atoms with van der Waals surface area (Å²) in [5.74, 6) is 0.170. The summed E-state index contributed by atoms with van der Waals surface area (Å²) >= 11 is 6.18. The fraction of sp³-hybridized carbons (Fsp3) is 0.733. The van der Waals surface area contributed by atoms with Gasteiger partial charge in [0.2, 0.25) is 5.91 Å². The van der Waals surface area contributed by atoms with Crippen LogP contribution in [0.1, 0.15) is 31.5 Å². The second-order valence-corrected chi connectivity index (χ2v) is 6.32. The molecule has 2 heterocycles. The van der Waals surface area contributed by atoms with Crippen molar-refractivity contribution < 1.29 is 9.53 Å². The van der Waals surface area contributed by atoms with Crippen molar-refractivity contribution in [2.45, 2.75) is 45.9 Å². The molecule has 1 amide bonds. The zero-order valence-corrected chi connectivity index (χ0v) is 14.5. The predicted molar refractivity (Wildman–Crippen MR) is 85.9 cm³/mol. The fourth-order valence-electron chi connectivity index (χ4n) is 2.82. The number of hydrogen-bond acceptors (Lipinski definition) is 4. The maximum atomic E-state index is 12.2. The molecular weight excluding hydrogens is 304 g/mol. The Bertz CT molecular complexity index is 522. The van der Waals surface area contributed by atoms with E-state index in [-0.39, 0.29) is 18.1 Å². The van der Waals surface area contributed by atoms with Crippen molar-refractivity contribution in [1.82, 2.24) is 20.0 Å². The number of rotatable bonds is 5. The Morgan fingerprint density at radius 1 is 1.41 bits per heavy atom. The molecule has 1 aliphatic rings. The quantitative estimate of drug-likeness (QED) is 0.832. The van der Waals surface area contributed by atoms with E-state index in [2.05, 4.69) is 10.4 Å². The molecule has 22 heavy (non-hydrogen) atoms. The highest BCUT2D eigenvalue weighted by molar-refractivity contribution is 6.30. The first-order valence-corrected chi connectivity index (χ1v) is 8.08. The van der Waals surface area contributed by atoms with Gasteiger partial charge in [-0.2, -0.15) is 5.10 Å². The number of ether oxygens (including phenoxy) is 1. The van der Waals surface area contributed by atoms with Crippen LogP contribution in [0.15, 0.2) is 0 Å². The van der Waals surface area contributed by atoms with Crippen LogP contribution in [0.5, 0.6) is 0 Å². The molecule has 124 valence electrons. The van der Waals surface area contributed by atoms with Gasteiger partial charge >= 0.3 is 0 Å². The van der Waals surface area contributed by atoms with Crippen LogP contribution in [-0.4, -0.2) is 52.4 Å². The van der Waals surface area contributed by atoms with Gasteiger partial charge in [-0.1, -0.05) is 11.6 Å². The van der Waals surface area contributed by atoms with Crippen LogP contribution >= 0.6 is 11.6 Å². The summed E-state index contributed by atoms with van der Waals surface area (Å²) in [5.41, 5.74) is 1.91. The van der Waals surface area contributed by atoms with Crippen molar-refractivity contribution in [1.29, 1.82) is 0 Å². The molecule has 1 aromatic rings. The minimum Gasteiger partial charge on any atom is -0.372 e. The largest absolute Gasteiger partial charge is 0.372 e. The van der Waals surface area contributed by atoms with Gasteiger partial charge in [0.15, 0.2) is 0 Å². The second-order valence-electron chi connectivity index (χ2n) is 5.96. The number of carbonyl (C=O) groups is 1. The first kappa shape index (κ1) is 17.2. The molecule has 0 spiro atoms. The summed E-state index contributed by atoms with van der Waals surface area (Å²) in [6.45, 7) is 8.55. The number of morpholine rings is 1. The Hall–Kier alpha value is -1.11. The van der Waals surface area contributed by atoms with Gasteiger partial charge in [0.25, 0.3) is 0 Å². The minimum atomic E-state index is 0.109. The van der Waals surface area contributed by atoms with E-state index < -0.39 is 0 Å². The number of aromatic nitrogens is 2. The lowest BCUT2D eigenvalue weighted by molar-refractivity contribution is -0.143. The molecule has 2 rings (SSSR count). The van der Waals surface area contributed by atoms with Crippen molar-refractivity contribution in [3.05, 3.63) is 16.4 Å². The maximum Gasteiger partial charge on any atom is 0.224 e. The van der Waals surface area contributed by atoms with E-state index in [0.717, 1.165) is 11.3 Å². The monoisotopic (exact) mass is 328 g/mol. The maximum absolute atomic E-state index is 12.2. The molecule has 1 fully saturated rings. The van der Waals surface area contributed by atoms with Crippen LogP contribution < -0.4 is 5.32 Å². The molecule has 1 saturated heterocycles. The van der Waals surface area contributed by atoms with Gasteiger partial charge in [-0.15, -0.1) is 0 Å². The summed E-state index contributed by atoms with van der Waals surface area (Å²) in [7, 11) is 1.82. The van der Waals surface area contributed by atoms with Crippen molar-refractivity contribution >= 4 is 17.5 Å². The zero-order chi connectivity index (χ0) is 16.3. The van der Waals surface area contributed by atoms with E-state index in [1.165, 1.54) is 0 Å². The Morgan fingerprint density at radius 3 is 2.59 bits per heavy atom. The van der Waals surface area contributed by atoms with Crippen molar-refractivity contribution in [2.24, 2.45) is 7.05 Å². The van der Waals surface area contributed by atoms with E-state index in [0.29, 0.717) is 37.8 Å². The normalized spacial score (nSPS) is 22.1. The minimum absolute atomic E-state index is 0.109. The van der Waals surface area contributed by atoms with Gasteiger partial charge in [0.05, 0.1) is 17.9 Å². The highest BCUT2D eigenvalue weighted by atomic mass is 35.5. The first-order valence-electron chi connectivity index (χ1n) is 7.70.